The SMILES string of the molecule is CCCCCCCCCCCCCCCCCCCCCCCC(=O)OC(CCCCCCCC)CCCCCCCC(=O)NC(CCCN)C(=O)O. The number of carbonyl (C=O) groups is 3. The predicted molar refractivity (Wildman–Crippen MR) is 225 cm³/mol. The van der Waals surface area contributed by atoms with Gasteiger partial charge in [0, 0.05) is 12.8 Å². The minimum Gasteiger partial charge on any atom is -0.480 e. The molecular weight excluding hydrogens is 661 g/mol. The molecule has 0 aromatic rings. The number of hydrogen-bond acceptors (Lipinski definition) is 5. The molecule has 0 fully saturated rings. The van der Waals surface area contributed by atoms with Crippen molar-refractivity contribution in [1.29, 1.82) is 0 Å². The average molecular weight is 751 g/mol. The van der Waals surface area contributed by atoms with Crippen molar-refractivity contribution in [2.24, 2.45) is 5.73 Å². The minimum atomic E-state index is -1.00. The Labute approximate surface area is 328 Å². The first-order chi connectivity index (χ1) is 25.9. The molecule has 0 aliphatic rings. The van der Waals surface area contributed by atoms with Crippen molar-refractivity contribution in [1.82, 2.24) is 5.32 Å². The maximum Gasteiger partial charge on any atom is 0.326 e. The monoisotopic (exact) mass is 751 g/mol. The maximum atomic E-state index is 12.7. The van der Waals surface area contributed by atoms with Crippen molar-refractivity contribution in [2.75, 3.05) is 6.54 Å². The van der Waals surface area contributed by atoms with Crippen LogP contribution in [0.2, 0.25) is 0 Å². The summed E-state index contributed by atoms with van der Waals surface area (Å²) in [5.41, 5.74) is 5.48. The van der Waals surface area contributed by atoms with Gasteiger partial charge >= 0.3 is 11.9 Å². The van der Waals surface area contributed by atoms with E-state index in [1.54, 1.807) is 0 Å². The third-order valence-corrected chi connectivity index (χ3v) is 10.9. The lowest BCUT2D eigenvalue weighted by Gasteiger charge is -2.18. The number of carbonyl (C=O) groups excluding carboxylic acids is 2. The van der Waals surface area contributed by atoms with E-state index in [1.165, 1.54) is 154 Å². The number of unbranched alkanes of at least 4 members (excludes halogenated alkanes) is 29. The highest BCUT2D eigenvalue weighted by Gasteiger charge is 2.19. The fourth-order valence-corrected chi connectivity index (χ4v) is 7.39. The lowest BCUT2D eigenvalue weighted by molar-refractivity contribution is -0.150. The molecule has 4 N–H and O–H groups in total. The van der Waals surface area contributed by atoms with Crippen LogP contribution < -0.4 is 11.1 Å². The molecule has 7 nitrogen and oxygen atoms in total. The zero-order chi connectivity index (χ0) is 38.9. The molecular formula is C46H90N2O5. The Kier molecular flexibility index (Phi) is 40.3. The lowest BCUT2D eigenvalue weighted by Crippen LogP contribution is -2.40. The van der Waals surface area contributed by atoms with Crippen LogP contribution in [0.4, 0.5) is 0 Å². The van der Waals surface area contributed by atoms with Crippen LogP contribution in [0.3, 0.4) is 0 Å². The highest BCUT2D eigenvalue weighted by atomic mass is 16.5. The number of nitrogens with two attached hydrogens (primary N) is 1. The molecule has 0 saturated heterocycles. The zero-order valence-electron chi connectivity index (χ0n) is 35.4. The summed E-state index contributed by atoms with van der Waals surface area (Å²) in [6, 6.07) is -0.851. The first-order valence-corrected chi connectivity index (χ1v) is 23.4. The van der Waals surface area contributed by atoms with Gasteiger partial charge in [0.15, 0.2) is 0 Å². The molecule has 53 heavy (non-hydrogen) atoms. The number of ether oxygens (including phenoxy) is 1. The van der Waals surface area contributed by atoms with Crippen molar-refractivity contribution in [3.63, 3.8) is 0 Å². The van der Waals surface area contributed by atoms with E-state index in [0.29, 0.717) is 32.2 Å². The van der Waals surface area contributed by atoms with Crippen LogP contribution >= 0.6 is 0 Å². The van der Waals surface area contributed by atoms with Gasteiger partial charge in [-0.3, -0.25) is 9.59 Å². The Morgan fingerprint density at radius 2 is 0.811 bits per heavy atom. The molecule has 1 amide bonds. The van der Waals surface area contributed by atoms with Gasteiger partial charge in [-0.15, -0.1) is 0 Å². The fraction of sp³-hybridized carbons (Fsp3) is 0.935. The topological polar surface area (TPSA) is 119 Å². The maximum absolute atomic E-state index is 12.7. The lowest BCUT2D eigenvalue weighted by atomic mass is 10.0. The smallest absolute Gasteiger partial charge is 0.326 e. The third-order valence-electron chi connectivity index (χ3n) is 10.9. The molecule has 7 heteroatoms. The largest absolute Gasteiger partial charge is 0.480 e. The summed E-state index contributed by atoms with van der Waals surface area (Å²) in [7, 11) is 0. The summed E-state index contributed by atoms with van der Waals surface area (Å²) >= 11 is 0. The molecule has 2 atom stereocenters. The molecule has 0 aromatic heterocycles. The van der Waals surface area contributed by atoms with E-state index in [9.17, 15) is 19.5 Å². The van der Waals surface area contributed by atoms with Gasteiger partial charge in [0.2, 0.25) is 5.91 Å². The molecule has 0 aromatic carbocycles. The van der Waals surface area contributed by atoms with E-state index in [0.717, 1.165) is 64.2 Å². The zero-order valence-corrected chi connectivity index (χ0v) is 35.4. The second kappa shape index (κ2) is 41.5. The summed E-state index contributed by atoms with van der Waals surface area (Å²) in [5, 5.41) is 11.9. The normalized spacial score (nSPS) is 12.5. The van der Waals surface area contributed by atoms with Crippen LogP contribution in [-0.4, -0.2) is 41.6 Å². The van der Waals surface area contributed by atoms with Crippen LogP contribution in [0, 0.1) is 0 Å². The number of carboxylic acids is 1. The molecule has 0 rings (SSSR count). The molecule has 2 unspecified atom stereocenters. The molecule has 0 aliphatic heterocycles. The highest BCUT2D eigenvalue weighted by molar-refractivity contribution is 5.83. The number of esters is 1. The summed E-state index contributed by atoms with van der Waals surface area (Å²) in [6.07, 6.45) is 44.6. The quantitative estimate of drug-likeness (QED) is 0.0422. The number of carboxylic acid groups (broad SMARTS) is 1. The van der Waals surface area contributed by atoms with Crippen LogP contribution in [0.15, 0.2) is 0 Å². The summed E-state index contributed by atoms with van der Waals surface area (Å²) in [5.74, 6) is -1.22. The summed E-state index contributed by atoms with van der Waals surface area (Å²) < 4.78 is 6.02. The number of hydrogen-bond donors (Lipinski definition) is 3. The molecule has 0 saturated carbocycles. The molecule has 0 heterocycles. The summed E-state index contributed by atoms with van der Waals surface area (Å²) in [4.78, 5) is 36.3. The van der Waals surface area contributed by atoms with Gasteiger partial charge in [0.25, 0.3) is 0 Å². The average Bonchev–Trinajstić information content (AvgIpc) is 3.14. The standard InChI is InChI=1S/C46H90N2O5/c1-3-5-7-9-11-12-13-14-15-16-17-18-19-20-21-22-23-24-25-30-34-40-45(50)53-42(36-31-27-10-8-6-4-2)37-32-28-26-29-33-39-44(49)48-43(46(51)52)38-35-41-47/h42-43H,3-41,47H2,1-2H3,(H,48,49)(H,51,52). The second-order valence-corrected chi connectivity index (χ2v) is 16.2. The molecule has 0 bridgehead atoms. The third kappa shape index (κ3) is 38.4. The number of rotatable bonds is 43. The van der Waals surface area contributed by atoms with Gasteiger partial charge in [-0.2, -0.15) is 0 Å². The van der Waals surface area contributed by atoms with Crippen molar-refractivity contribution >= 4 is 17.8 Å². The van der Waals surface area contributed by atoms with Crippen LogP contribution in [-0.2, 0) is 19.1 Å². The van der Waals surface area contributed by atoms with Gasteiger partial charge in [0.1, 0.15) is 12.1 Å². The highest BCUT2D eigenvalue weighted by Crippen LogP contribution is 2.19. The van der Waals surface area contributed by atoms with E-state index < -0.39 is 12.0 Å². The van der Waals surface area contributed by atoms with Crippen LogP contribution in [0.25, 0.3) is 0 Å². The van der Waals surface area contributed by atoms with Crippen LogP contribution in [0.1, 0.15) is 258 Å². The molecule has 0 spiro atoms. The Bertz CT molecular complexity index is 807. The minimum absolute atomic E-state index is 0.0177. The Morgan fingerprint density at radius 1 is 0.472 bits per heavy atom. The van der Waals surface area contributed by atoms with E-state index in [4.69, 9.17) is 10.5 Å². The van der Waals surface area contributed by atoms with Gasteiger partial charge < -0.3 is 20.9 Å². The van der Waals surface area contributed by atoms with Crippen molar-refractivity contribution < 1.29 is 24.2 Å². The second-order valence-electron chi connectivity index (χ2n) is 16.2. The van der Waals surface area contributed by atoms with E-state index in [-0.39, 0.29) is 18.0 Å². The molecule has 0 aliphatic carbocycles. The van der Waals surface area contributed by atoms with Gasteiger partial charge in [-0.25, -0.2) is 4.79 Å². The van der Waals surface area contributed by atoms with Crippen LogP contribution in [0.5, 0.6) is 0 Å². The first kappa shape index (κ1) is 51.4. The molecule has 314 valence electrons. The van der Waals surface area contributed by atoms with Gasteiger partial charge in [-0.05, 0) is 57.9 Å². The summed E-state index contributed by atoms with van der Waals surface area (Å²) in [6.45, 7) is 4.95. The van der Waals surface area contributed by atoms with Gasteiger partial charge in [-0.1, -0.05) is 194 Å². The van der Waals surface area contributed by atoms with E-state index in [2.05, 4.69) is 19.2 Å². The molecule has 0 radical (unpaired) electrons. The van der Waals surface area contributed by atoms with Crippen molar-refractivity contribution in [3.8, 4) is 0 Å². The number of aliphatic carboxylic acids is 1. The van der Waals surface area contributed by atoms with E-state index >= 15 is 0 Å². The van der Waals surface area contributed by atoms with Crippen molar-refractivity contribution in [3.05, 3.63) is 0 Å². The first-order valence-electron chi connectivity index (χ1n) is 23.4. The van der Waals surface area contributed by atoms with Crippen molar-refractivity contribution in [2.45, 2.75) is 270 Å². The van der Waals surface area contributed by atoms with E-state index in [1.807, 2.05) is 0 Å². The van der Waals surface area contributed by atoms with Gasteiger partial charge in [0.05, 0.1) is 0 Å². The number of amides is 1. The Morgan fingerprint density at radius 3 is 1.17 bits per heavy atom. The predicted octanol–water partition coefficient (Wildman–Crippen LogP) is 13.3. The Hall–Kier alpha value is -1.63. The Balaban J connectivity index is 3.95. The number of nitrogens with one attached hydrogen (secondary N) is 1. The fourth-order valence-electron chi connectivity index (χ4n) is 7.39.